The number of anilines is 2. The Kier molecular flexibility index (Phi) is 7.72. The van der Waals surface area contributed by atoms with Crippen LogP contribution >= 0.6 is 0 Å². The van der Waals surface area contributed by atoms with Gasteiger partial charge in [-0.1, -0.05) is 6.07 Å². The van der Waals surface area contributed by atoms with Crippen molar-refractivity contribution >= 4 is 29.1 Å². The summed E-state index contributed by atoms with van der Waals surface area (Å²) in [6, 6.07) is 14.2. The predicted octanol–water partition coefficient (Wildman–Crippen LogP) is 4.11. The van der Waals surface area contributed by atoms with Crippen molar-refractivity contribution in [2.75, 3.05) is 45.7 Å². The molecule has 1 saturated heterocycles. The van der Waals surface area contributed by atoms with Crippen LogP contribution in [0.2, 0.25) is 0 Å². The van der Waals surface area contributed by atoms with Crippen molar-refractivity contribution in [3.8, 4) is 17.0 Å². The first kappa shape index (κ1) is 24.9. The molecule has 4 heterocycles. The van der Waals surface area contributed by atoms with Gasteiger partial charge in [0.1, 0.15) is 12.1 Å². The van der Waals surface area contributed by atoms with E-state index in [2.05, 4.69) is 60.3 Å². The van der Waals surface area contributed by atoms with Gasteiger partial charge in [-0.05, 0) is 67.4 Å². The number of piperazine rings is 1. The molecule has 1 aliphatic carbocycles. The number of rotatable bonds is 7. The van der Waals surface area contributed by atoms with E-state index in [4.69, 9.17) is 4.74 Å². The summed E-state index contributed by atoms with van der Waals surface area (Å²) in [5.74, 6) is 2.51. The number of aromatic nitrogens is 4. The Hall–Kier alpha value is -3.82. The topological polar surface area (TPSA) is 99.3 Å². The number of ether oxygens (including phenoxy) is 1. The van der Waals surface area contributed by atoms with Gasteiger partial charge in [-0.25, -0.2) is 15.0 Å². The molecule has 0 amide bonds. The lowest BCUT2D eigenvalue weighted by atomic mass is 10.1. The molecule has 0 spiro atoms. The number of methoxy groups -OCH3 is 1. The average molecular weight is 500 g/mol. The molecule has 1 saturated carbocycles. The Balaban J connectivity index is 0.000000503. The zero-order chi connectivity index (χ0) is 25.6. The minimum absolute atomic E-state index is 0.454. The smallest absolute Gasteiger partial charge is 0.221 e. The Morgan fingerprint density at radius 1 is 1.08 bits per heavy atom. The van der Waals surface area contributed by atoms with Crippen LogP contribution in [0, 0.1) is 5.92 Å². The van der Waals surface area contributed by atoms with E-state index in [1.54, 1.807) is 13.3 Å². The number of H-pyrrole nitrogens is 1. The standard InChI is InChI=1S/C24H27N7O.C4H6O/c1-30-10-12-31(13-11-30)16-17-7-9-25-22(14-17)29-24-27-20-6-5-18(15-21(20)28-24)19-4-3-8-26-23(19)32-2;5-3-4-1-2-4/h3-9,14-15H,10-13,16H2,1-2H3,(H2,25,27,28,29);3-4H,1-2H2. The zero-order valence-corrected chi connectivity index (χ0v) is 21.4. The first-order valence-corrected chi connectivity index (χ1v) is 12.7. The van der Waals surface area contributed by atoms with Crippen molar-refractivity contribution in [3.63, 3.8) is 0 Å². The van der Waals surface area contributed by atoms with Gasteiger partial charge in [0, 0.05) is 56.6 Å². The van der Waals surface area contributed by atoms with Crippen LogP contribution in [-0.4, -0.2) is 76.4 Å². The number of hydrogen-bond acceptors (Lipinski definition) is 8. The number of fused-ring (bicyclic) bond motifs is 1. The fraction of sp³-hybridized carbons (Fsp3) is 0.357. The highest BCUT2D eigenvalue weighted by molar-refractivity contribution is 5.84. The van der Waals surface area contributed by atoms with Crippen LogP contribution in [0.1, 0.15) is 18.4 Å². The molecule has 192 valence electrons. The van der Waals surface area contributed by atoms with Gasteiger partial charge in [0.15, 0.2) is 0 Å². The van der Waals surface area contributed by atoms with Gasteiger partial charge in [-0.15, -0.1) is 0 Å². The summed E-state index contributed by atoms with van der Waals surface area (Å²) in [6.45, 7) is 5.34. The SMILES string of the molecule is COc1ncccc1-c1ccc2nc(Nc3cc(CN4CCN(C)CC4)ccn3)[nH]c2c1.O=CC1CC1. The maximum Gasteiger partial charge on any atom is 0.221 e. The molecule has 9 nitrogen and oxygen atoms in total. The van der Waals surface area contributed by atoms with Crippen LogP contribution < -0.4 is 10.1 Å². The molecule has 37 heavy (non-hydrogen) atoms. The summed E-state index contributed by atoms with van der Waals surface area (Å²) in [5, 5.41) is 3.32. The molecular weight excluding hydrogens is 466 g/mol. The number of likely N-dealkylation sites (N-methyl/N-ethyl adjacent to an activating group) is 1. The molecule has 0 radical (unpaired) electrons. The quantitative estimate of drug-likeness (QED) is 0.367. The molecule has 2 N–H and O–H groups in total. The number of nitrogens with zero attached hydrogens (tertiary/aromatic N) is 5. The van der Waals surface area contributed by atoms with Gasteiger partial charge in [0.25, 0.3) is 0 Å². The Morgan fingerprint density at radius 3 is 2.65 bits per heavy atom. The highest BCUT2D eigenvalue weighted by Crippen LogP contribution is 2.30. The molecule has 0 atom stereocenters. The van der Waals surface area contributed by atoms with Crippen molar-refractivity contribution in [2.24, 2.45) is 5.92 Å². The summed E-state index contributed by atoms with van der Waals surface area (Å²) < 4.78 is 5.40. The number of benzene rings is 1. The molecule has 3 aromatic heterocycles. The number of carbonyl (C=O) groups excluding carboxylic acids is 1. The third-order valence-corrected chi connectivity index (χ3v) is 6.64. The van der Waals surface area contributed by atoms with E-state index < -0.39 is 0 Å². The Morgan fingerprint density at radius 2 is 1.92 bits per heavy atom. The molecular formula is C28H33N7O2. The fourth-order valence-corrected chi connectivity index (χ4v) is 4.27. The minimum atomic E-state index is 0.454. The van der Waals surface area contributed by atoms with Crippen molar-refractivity contribution in [1.29, 1.82) is 0 Å². The van der Waals surface area contributed by atoms with Crippen molar-refractivity contribution in [2.45, 2.75) is 19.4 Å². The van der Waals surface area contributed by atoms with Gasteiger partial charge >= 0.3 is 0 Å². The van der Waals surface area contributed by atoms with Crippen molar-refractivity contribution < 1.29 is 9.53 Å². The Labute approximate surface area is 216 Å². The second-order valence-corrected chi connectivity index (χ2v) is 9.60. The summed E-state index contributed by atoms with van der Waals surface area (Å²) in [4.78, 5) is 31.2. The van der Waals surface area contributed by atoms with Gasteiger partial charge < -0.3 is 24.7 Å². The third-order valence-electron chi connectivity index (χ3n) is 6.64. The summed E-state index contributed by atoms with van der Waals surface area (Å²) in [7, 11) is 3.81. The summed E-state index contributed by atoms with van der Waals surface area (Å²) >= 11 is 0. The highest BCUT2D eigenvalue weighted by atomic mass is 16.5. The highest BCUT2D eigenvalue weighted by Gasteiger charge is 2.19. The van der Waals surface area contributed by atoms with Crippen LogP contribution in [-0.2, 0) is 11.3 Å². The monoisotopic (exact) mass is 499 g/mol. The largest absolute Gasteiger partial charge is 0.481 e. The van der Waals surface area contributed by atoms with Gasteiger partial charge in [0.05, 0.1) is 18.1 Å². The molecule has 6 rings (SSSR count). The Bertz CT molecular complexity index is 1340. The van der Waals surface area contributed by atoms with Crippen LogP contribution in [0.5, 0.6) is 5.88 Å². The predicted molar refractivity (Wildman–Crippen MR) is 145 cm³/mol. The second-order valence-electron chi connectivity index (χ2n) is 9.60. The van der Waals surface area contributed by atoms with E-state index in [-0.39, 0.29) is 0 Å². The number of pyridine rings is 2. The molecule has 2 fully saturated rings. The van der Waals surface area contributed by atoms with E-state index in [1.807, 2.05) is 30.5 Å². The summed E-state index contributed by atoms with van der Waals surface area (Å²) in [5.41, 5.74) is 5.02. The zero-order valence-electron chi connectivity index (χ0n) is 21.4. The van der Waals surface area contributed by atoms with E-state index in [9.17, 15) is 4.79 Å². The number of aromatic amines is 1. The second kappa shape index (κ2) is 11.5. The molecule has 2 aliphatic rings. The number of nitrogens with one attached hydrogen (secondary N) is 2. The van der Waals surface area contributed by atoms with Crippen LogP contribution in [0.15, 0.2) is 54.9 Å². The number of aldehydes is 1. The van der Waals surface area contributed by atoms with Crippen LogP contribution in [0.3, 0.4) is 0 Å². The summed E-state index contributed by atoms with van der Waals surface area (Å²) in [6.07, 6.45) is 6.89. The van der Waals surface area contributed by atoms with E-state index in [1.165, 1.54) is 5.56 Å². The maximum absolute atomic E-state index is 9.57. The number of carbonyl (C=O) groups is 1. The average Bonchev–Trinajstić information content (AvgIpc) is 3.69. The normalized spacial score (nSPS) is 16.2. The maximum atomic E-state index is 9.57. The number of hydrogen-bond donors (Lipinski definition) is 2. The molecule has 9 heteroatoms. The number of imidazole rings is 1. The molecule has 1 aromatic carbocycles. The van der Waals surface area contributed by atoms with Crippen LogP contribution in [0.4, 0.5) is 11.8 Å². The van der Waals surface area contributed by atoms with Gasteiger partial charge in [0.2, 0.25) is 11.8 Å². The fourth-order valence-electron chi connectivity index (χ4n) is 4.27. The third kappa shape index (κ3) is 6.49. The molecule has 0 unspecified atom stereocenters. The first-order valence-electron chi connectivity index (χ1n) is 12.7. The van der Waals surface area contributed by atoms with Gasteiger partial charge in [-0.2, -0.15) is 0 Å². The lowest BCUT2D eigenvalue weighted by molar-refractivity contribution is -0.108. The van der Waals surface area contributed by atoms with E-state index in [0.29, 0.717) is 17.7 Å². The minimum Gasteiger partial charge on any atom is -0.481 e. The van der Waals surface area contributed by atoms with Gasteiger partial charge in [-0.3, -0.25) is 4.90 Å². The van der Waals surface area contributed by atoms with Crippen molar-refractivity contribution in [3.05, 3.63) is 60.4 Å². The molecule has 1 aliphatic heterocycles. The molecule has 4 aromatic rings. The van der Waals surface area contributed by atoms with E-state index in [0.717, 1.165) is 79.8 Å². The van der Waals surface area contributed by atoms with E-state index >= 15 is 0 Å². The van der Waals surface area contributed by atoms with Crippen LogP contribution in [0.25, 0.3) is 22.2 Å². The van der Waals surface area contributed by atoms with Crippen molar-refractivity contribution in [1.82, 2.24) is 29.7 Å². The first-order chi connectivity index (χ1) is 18.1. The lowest BCUT2D eigenvalue weighted by Crippen LogP contribution is -2.43. The molecule has 0 bridgehead atoms. The lowest BCUT2D eigenvalue weighted by Gasteiger charge is -2.32.